The molecule has 22 heavy (non-hydrogen) atoms. The number of halogens is 3. The molecule has 0 amide bonds. The van der Waals surface area contributed by atoms with Gasteiger partial charge in [-0.3, -0.25) is 0 Å². The molecule has 1 N–H and O–H groups in total. The van der Waals surface area contributed by atoms with Crippen molar-refractivity contribution in [3.63, 3.8) is 0 Å². The summed E-state index contributed by atoms with van der Waals surface area (Å²) in [5.41, 5.74) is 1.73. The second kappa shape index (κ2) is 5.55. The van der Waals surface area contributed by atoms with Gasteiger partial charge in [0.15, 0.2) is 11.4 Å². The van der Waals surface area contributed by atoms with Gasteiger partial charge < -0.3 is 10.1 Å². The summed E-state index contributed by atoms with van der Waals surface area (Å²) >= 11 is 0. The average Bonchev–Trinajstić information content (AvgIpc) is 2.82. The van der Waals surface area contributed by atoms with E-state index in [1.807, 2.05) is 13.0 Å². The van der Waals surface area contributed by atoms with Crippen LogP contribution in [0.2, 0.25) is 0 Å². The molecular weight excluding hydrogens is 297 g/mol. The molecule has 3 aromatic rings. The van der Waals surface area contributed by atoms with Gasteiger partial charge in [0.2, 0.25) is 5.95 Å². The molecule has 0 radical (unpaired) electrons. The standard InChI is InChI=1S/C14H11F3N4O/c1-8-2-5-12-19-14(20-21(12)7-8)18-10-4-3-9(15)6-11(10)22-13(16)17/h2-7,13H,1H3,(H,18,20). The number of rotatable bonds is 4. The molecule has 0 aliphatic heterocycles. The van der Waals surface area contributed by atoms with Crippen molar-refractivity contribution in [1.82, 2.24) is 14.6 Å². The van der Waals surface area contributed by atoms with Crippen LogP contribution < -0.4 is 10.1 Å². The smallest absolute Gasteiger partial charge is 0.387 e. The van der Waals surface area contributed by atoms with Crippen molar-refractivity contribution in [1.29, 1.82) is 0 Å². The molecule has 0 unspecified atom stereocenters. The van der Waals surface area contributed by atoms with Gasteiger partial charge in [-0.05, 0) is 30.7 Å². The normalized spacial score (nSPS) is 11.1. The van der Waals surface area contributed by atoms with E-state index in [2.05, 4.69) is 20.1 Å². The van der Waals surface area contributed by atoms with Crippen LogP contribution in [0.1, 0.15) is 5.56 Å². The van der Waals surface area contributed by atoms with E-state index >= 15 is 0 Å². The van der Waals surface area contributed by atoms with E-state index in [-0.39, 0.29) is 17.4 Å². The van der Waals surface area contributed by atoms with E-state index in [9.17, 15) is 13.2 Å². The summed E-state index contributed by atoms with van der Waals surface area (Å²) in [6, 6.07) is 6.92. The van der Waals surface area contributed by atoms with Crippen LogP contribution in [0.3, 0.4) is 0 Å². The predicted octanol–water partition coefficient (Wildman–Crippen LogP) is 3.52. The number of alkyl halides is 2. The highest BCUT2D eigenvalue weighted by molar-refractivity contribution is 5.63. The molecule has 114 valence electrons. The number of aromatic nitrogens is 3. The van der Waals surface area contributed by atoms with Gasteiger partial charge in [-0.2, -0.15) is 13.8 Å². The number of fused-ring (bicyclic) bond motifs is 1. The summed E-state index contributed by atoms with van der Waals surface area (Å²) in [5.74, 6) is -0.804. The first-order chi connectivity index (χ1) is 10.5. The molecule has 0 bridgehead atoms. The van der Waals surface area contributed by atoms with Crippen molar-refractivity contribution in [3.8, 4) is 5.75 Å². The molecule has 1 aromatic carbocycles. The minimum absolute atomic E-state index is 0.148. The molecule has 0 spiro atoms. The number of hydrogen-bond acceptors (Lipinski definition) is 4. The van der Waals surface area contributed by atoms with Crippen LogP contribution in [0.4, 0.5) is 24.8 Å². The second-order valence-electron chi connectivity index (χ2n) is 4.59. The van der Waals surface area contributed by atoms with Gasteiger partial charge >= 0.3 is 6.61 Å². The molecule has 8 heteroatoms. The molecule has 0 atom stereocenters. The highest BCUT2D eigenvalue weighted by Gasteiger charge is 2.13. The number of nitrogens with zero attached hydrogens (tertiary/aromatic N) is 3. The fourth-order valence-electron chi connectivity index (χ4n) is 1.95. The van der Waals surface area contributed by atoms with Gasteiger partial charge in [0.05, 0.1) is 5.69 Å². The molecule has 2 aromatic heterocycles. The maximum Gasteiger partial charge on any atom is 0.387 e. The third-order valence-electron chi connectivity index (χ3n) is 2.89. The van der Waals surface area contributed by atoms with Gasteiger partial charge in [-0.1, -0.05) is 6.07 Å². The van der Waals surface area contributed by atoms with Crippen LogP contribution in [0.25, 0.3) is 5.65 Å². The van der Waals surface area contributed by atoms with Crippen molar-refractivity contribution < 1.29 is 17.9 Å². The van der Waals surface area contributed by atoms with E-state index in [0.717, 1.165) is 17.7 Å². The Morgan fingerprint density at radius 2 is 2.05 bits per heavy atom. The van der Waals surface area contributed by atoms with E-state index in [4.69, 9.17) is 0 Å². The first-order valence-corrected chi connectivity index (χ1v) is 6.36. The molecule has 0 saturated carbocycles. The number of benzene rings is 1. The van der Waals surface area contributed by atoms with Crippen molar-refractivity contribution >= 4 is 17.3 Å². The summed E-state index contributed by atoms with van der Waals surface area (Å²) in [5, 5.41) is 6.92. The Morgan fingerprint density at radius 3 is 2.82 bits per heavy atom. The monoisotopic (exact) mass is 308 g/mol. The third-order valence-corrected chi connectivity index (χ3v) is 2.89. The maximum atomic E-state index is 13.2. The number of ether oxygens (including phenoxy) is 1. The Morgan fingerprint density at radius 1 is 1.23 bits per heavy atom. The topological polar surface area (TPSA) is 51.5 Å². The van der Waals surface area contributed by atoms with Gasteiger partial charge in [-0.15, -0.1) is 5.10 Å². The zero-order chi connectivity index (χ0) is 15.7. The molecule has 0 saturated heterocycles. The number of nitrogens with one attached hydrogen (secondary N) is 1. The number of aryl methyl sites for hydroxylation is 1. The zero-order valence-corrected chi connectivity index (χ0v) is 11.4. The highest BCUT2D eigenvalue weighted by Crippen LogP contribution is 2.29. The van der Waals surface area contributed by atoms with Crippen LogP contribution in [0, 0.1) is 12.7 Å². The summed E-state index contributed by atoms with van der Waals surface area (Å²) in [7, 11) is 0. The molecule has 0 aliphatic carbocycles. The molecule has 0 aliphatic rings. The summed E-state index contributed by atoms with van der Waals surface area (Å²) < 4.78 is 43.8. The van der Waals surface area contributed by atoms with Crippen molar-refractivity contribution in [2.75, 3.05) is 5.32 Å². The first kappa shape index (κ1) is 14.2. The lowest BCUT2D eigenvalue weighted by Crippen LogP contribution is -2.05. The van der Waals surface area contributed by atoms with Gasteiger partial charge in [-0.25, -0.2) is 8.91 Å². The highest BCUT2D eigenvalue weighted by atomic mass is 19.3. The zero-order valence-electron chi connectivity index (χ0n) is 11.4. The Kier molecular flexibility index (Phi) is 3.58. The SMILES string of the molecule is Cc1ccc2nc(Nc3ccc(F)cc3OC(F)F)nn2c1. The lowest BCUT2D eigenvalue weighted by Gasteiger charge is -2.10. The summed E-state index contributed by atoms with van der Waals surface area (Å²) in [6.07, 6.45) is 1.77. The van der Waals surface area contributed by atoms with Crippen LogP contribution in [-0.2, 0) is 0 Å². The molecule has 5 nitrogen and oxygen atoms in total. The van der Waals surface area contributed by atoms with Crippen molar-refractivity contribution in [3.05, 3.63) is 47.9 Å². The number of hydrogen-bond donors (Lipinski definition) is 1. The summed E-state index contributed by atoms with van der Waals surface area (Å²) in [6.45, 7) is -1.15. The molecule has 2 heterocycles. The third kappa shape index (κ3) is 2.95. The predicted molar refractivity (Wildman–Crippen MR) is 74.0 cm³/mol. The van der Waals surface area contributed by atoms with Crippen molar-refractivity contribution in [2.45, 2.75) is 13.5 Å². The maximum absolute atomic E-state index is 13.2. The molecular formula is C14H11F3N4O. The Bertz CT molecular complexity index is 819. The van der Waals surface area contributed by atoms with E-state index in [1.165, 1.54) is 6.07 Å². The fourth-order valence-corrected chi connectivity index (χ4v) is 1.95. The van der Waals surface area contributed by atoms with Crippen molar-refractivity contribution in [2.24, 2.45) is 0 Å². The van der Waals surface area contributed by atoms with E-state index in [0.29, 0.717) is 5.65 Å². The van der Waals surface area contributed by atoms with Gasteiger partial charge in [0, 0.05) is 12.3 Å². The molecule has 3 rings (SSSR count). The second-order valence-corrected chi connectivity index (χ2v) is 4.59. The van der Waals surface area contributed by atoms with Crippen LogP contribution in [-0.4, -0.2) is 21.2 Å². The molecule has 0 fully saturated rings. The average molecular weight is 308 g/mol. The number of pyridine rings is 1. The van der Waals surface area contributed by atoms with E-state index < -0.39 is 12.4 Å². The largest absolute Gasteiger partial charge is 0.432 e. The van der Waals surface area contributed by atoms with Gasteiger partial charge in [0.1, 0.15) is 5.82 Å². The minimum Gasteiger partial charge on any atom is -0.432 e. The Labute approximate surface area is 123 Å². The van der Waals surface area contributed by atoms with E-state index in [1.54, 1.807) is 16.8 Å². The Balaban J connectivity index is 1.93. The fraction of sp³-hybridized carbons (Fsp3) is 0.143. The lowest BCUT2D eigenvalue weighted by molar-refractivity contribution is -0.0494. The quantitative estimate of drug-likeness (QED) is 0.801. The van der Waals surface area contributed by atoms with Crippen LogP contribution >= 0.6 is 0 Å². The van der Waals surface area contributed by atoms with Crippen LogP contribution in [0.15, 0.2) is 36.5 Å². The lowest BCUT2D eigenvalue weighted by atomic mass is 10.3. The first-order valence-electron chi connectivity index (χ1n) is 6.36. The summed E-state index contributed by atoms with van der Waals surface area (Å²) in [4.78, 5) is 4.20. The Hall–Kier alpha value is -2.77. The number of anilines is 2. The van der Waals surface area contributed by atoms with Gasteiger partial charge in [0.25, 0.3) is 0 Å². The minimum atomic E-state index is -3.06. The van der Waals surface area contributed by atoms with Crippen LogP contribution in [0.5, 0.6) is 5.75 Å².